The van der Waals surface area contributed by atoms with Crippen molar-refractivity contribution in [3.05, 3.63) is 29.3 Å². The van der Waals surface area contributed by atoms with E-state index in [1.54, 1.807) is 18.2 Å². The van der Waals surface area contributed by atoms with Crippen LogP contribution in [0.2, 0.25) is 0 Å². The van der Waals surface area contributed by atoms with E-state index in [1.807, 2.05) is 6.92 Å². The zero-order chi connectivity index (χ0) is 13.7. The molecular weight excluding hydrogens is 238 g/mol. The molecule has 19 heavy (non-hydrogen) atoms. The Hall–Kier alpha value is -1.51. The minimum Gasteiger partial charge on any atom is -0.508 e. The van der Waals surface area contributed by atoms with E-state index in [9.17, 15) is 9.90 Å². The van der Waals surface area contributed by atoms with E-state index in [-0.39, 0.29) is 17.7 Å². The highest BCUT2D eigenvalue weighted by Crippen LogP contribution is 2.19. The molecule has 0 heterocycles. The van der Waals surface area contributed by atoms with Gasteiger partial charge in [-0.05, 0) is 37.5 Å². The molecule has 0 saturated heterocycles. The highest BCUT2D eigenvalue weighted by molar-refractivity contribution is 5.94. The number of carbonyl (C=O) groups is 1. The fraction of sp³-hybridized carbons (Fsp3) is 0.562. The second-order valence-electron chi connectivity index (χ2n) is 5.52. The highest BCUT2D eigenvalue weighted by Gasteiger charge is 2.15. The summed E-state index contributed by atoms with van der Waals surface area (Å²) in [6.07, 6.45) is 8.42. The fourth-order valence-electron chi connectivity index (χ4n) is 2.62. The molecule has 1 fully saturated rings. The molecule has 1 amide bonds. The van der Waals surface area contributed by atoms with E-state index in [4.69, 9.17) is 0 Å². The maximum absolute atomic E-state index is 12.2. The predicted molar refractivity (Wildman–Crippen MR) is 76.4 cm³/mol. The summed E-state index contributed by atoms with van der Waals surface area (Å²) in [5, 5.41) is 12.8. The number of phenolic OH excluding ortho intramolecular Hbond substituents is 1. The predicted octanol–water partition coefficient (Wildman–Crippen LogP) is 3.54. The first-order valence-electron chi connectivity index (χ1n) is 7.27. The molecule has 0 atom stereocenters. The van der Waals surface area contributed by atoms with E-state index < -0.39 is 0 Å². The van der Waals surface area contributed by atoms with Gasteiger partial charge < -0.3 is 10.4 Å². The molecule has 0 radical (unpaired) electrons. The number of benzene rings is 1. The van der Waals surface area contributed by atoms with Gasteiger partial charge in [-0.3, -0.25) is 4.79 Å². The Morgan fingerprint density at radius 1 is 1.16 bits per heavy atom. The lowest BCUT2D eigenvalue weighted by Gasteiger charge is -2.21. The van der Waals surface area contributed by atoms with Gasteiger partial charge in [-0.25, -0.2) is 0 Å². The fourth-order valence-corrected chi connectivity index (χ4v) is 2.62. The minimum absolute atomic E-state index is 0.0686. The minimum atomic E-state index is -0.0686. The number of hydrogen-bond donors (Lipinski definition) is 2. The van der Waals surface area contributed by atoms with Gasteiger partial charge in [0.05, 0.1) is 0 Å². The van der Waals surface area contributed by atoms with Crippen LogP contribution >= 0.6 is 0 Å². The van der Waals surface area contributed by atoms with Crippen molar-refractivity contribution in [3.8, 4) is 5.75 Å². The van der Waals surface area contributed by atoms with Crippen molar-refractivity contribution in [3.63, 3.8) is 0 Å². The first-order valence-corrected chi connectivity index (χ1v) is 7.27. The number of amides is 1. The molecule has 1 aromatic rings. The molecule has 3 heteroatoms. The van der Waals surface area contributed by atoms with E-state index in [0.29, 0.717) is 5.56 Å². The van der Waals surface area contributed by atoms with Gasteiger partial charge in [0, 0.05) is 11.6 Å². The van der Waals surface area contributed by atoms with E-state index in [2.05, 4.69) is 5.32 Å². The van der Waals surface area contributed by atoms with Gasteiger partial charge in [0.1, 0.15) is 5.75 Å². The maximum atomic E-state index is 12.2. The van der Waals surface area contributed by atoms with Gasteiger partial charge >= 0.3 is 0 Å². The molecule has 0 unspecified atom stereocenters. The van der Waals surface area contributed by atoms with Crippen molar-refractivity contribution < 1.29 is 9.90 Å². The van der Waals surface area contributed by atoms with Gasteiger partial charge in [0.15, 0.2) is 0 Å². The molecular formula is C16H23NO2. The molecule has 1 aliphatic carbocycles. The van der Waals surface area contributed by atoms with E-state index >= 15 is 0 Å². The Labute approximate surface area is 115 Å². The monoisotopic (exact) mass is 261 g/mol. The Bertz CT molecular complexity index is 434. The SMILES string of the molecule is Cc1ccc(C(=O)NC2CCCCCCC2)cc1O. The Balaban J connectivity index is 1.96. The molecule has 0 bridgehead atoms. The first-order chi connectivity index (χ1) is 9.16. The Morgan fingerprint density at radius 2 is 1.79 bits per heavy atom. The second-order valence-corrected chi connectivity index (χ2v) is 5.52. The standard InChI is InChI=1S/C16H23NO2/c1-12-9-10-13(11-15(12)18)16(19)17-14-7-5-3-2-4-6-8-14/h9-11,14,18H,2-8H2,1H3,(H,17,19). The average Bonchev–Trinajstić information content (AvgIpc) is 2.35. The lowest BCUT2D eigenvalue weighted by atomic mass is 9.96. The summed E-state index contributed by atoms with van der Waals surface area (Å²) in [6.45, 7) is 1.83. The third-order valence-corrected chi connectivity index (χ3v) is 3.91. The van der Waals surface area contributed by atoms with Gasteiger partial charge in [0.25, 0.3) is 5.91 Å². The third-order valence-electron chi connectivity index (χ3n) is 3.91. The van der Waals surface area contributed by atoms with Gasteiger partial charge in [-0.2, -0.15) is 0 Å². The van der Waals surface area contributed by atoms with Crippen LogP contribution in [0.15, 0.2) is 18.2 Å². The lowest BCUT2D eigenvalue weighted by molar-refractivity contribution is 0.0930. The van der Waals surface area contributed by atoms with Crippen molar-refractivity contribution in [2.24, 2.45) is 0 Å². The van der Waals surface area contributed by atoms with Crippen LogP contribution in [0.25, 0.3) is 0 Å². The topological polar surface area (TPSA) is 49.3 Å². The van der Waals surface area contributed by atoms with E-state index in [0.717, 1.165) is 18.4 Å². The van der Waals surface area contributed by atoms with Crippen molar-refractivity contribution in [1.82, 2.24) is 5.32 Å². The third kappa shape index (κ3) is 3.98. The second kappa shape index (κ2) is 6.60. The van der Waals surface area contributed by atoms with Crippen LogP contribution in [0.5, 0.6) is 5.75 Å². The van der Waals surface area contributed by atoms with Gasteiger partial charge in [0.2, 0.25) is 0 Å². The largest absolute Gasteiger partial charge is 0.508 e. The maximum Gasteiger partial charge on any atom is 0.251 e. The number of hydrogen-bond acceptors (Lipinski definition) is 2. The molecule has 1 aliphatic rings. The molecule has 1 saturated carbocycles. The zero-order valence-electron chi connectivity index (χ0n) is 11.6. The molecule has 3 nitrogen and oxygen atoms in total. The Kier molecular flexibility index (Phi) is 4.83. The van der Waals surface area contributed by atoms with Crippen molar-refractivity contribution in [2.45, 2.75) is 57.9 Å². The van der Waals surface area contributed by atoms with Crippen LogP contribution in [0.3, 0.4) is 0 Å². The van der Waals surface area contributed by atoms with Crippen molar-refractivity contribution in [2.75, 3.05) is 0 Å². The summed E-state index contributed by atoms with van der Waals surface area (Å²) in [4.78, 5) is 12.2. The lowest BCUT2D eigenvalue weighted by Crippen LogP contribution is -2.35. The summed E-state index contributed by atoms with van der Waals surface area (Å²) in [6, 6.07) is 5.39. The number of rotatable bonds is 2. The molecule has 104 valence electrons. The molecule has 2 N–H and O–H groups in total. The molecule has 0 aromatic heterocycles. The van der Waals surface area contributed by atoms with Crippen molar-refractivity contribution in [1.29, 1.82) is 0 Å². The molecule has 2 rings (SSSR count). The quantitative estimate of drug-likeness (QED) is 0.855. The summed E-state index contributed by atoms with van der Waals surface area (Å²) >= 11 is 0. The summed E-state index contributed by atoms with van der Waals surface area (Å²) < 4.78 is 0. The first kappa shape index (κ1) is 13.9. The number of nitrogens with one attached hydrogen (secondary N) is 1. The van der Waals surface area contributed by atoms with Crippen LogP contribution < -0.4 is 5.32 Å². The normalized spacial score (nSPS) is 17.5. The van der Waals surface area contributed by atoms with Crippen LogP contribution in [-0.2, 0) is 0 Å². The van der Waals surface area contributed by atoms with Crippen LogP contribution in [0.1, 0.15) is 60.9 Å². The van der Waals surface area contributed by atoms with E-state index in [1.165, 1.54) is 32.1 Å². The number of carbonyl (C=O) groups excluding carboxylic acids is 1. The summed E-state index contributed by atoms with van der Waals surface area (Å²) in [5.74, 6) is 0.117. The average molecular weight is 261 g/mol. The van der Waals surface area contributed by atoms with Crippen molar-refractivity contribution >= 4 is 5.91 Å². The number of phenols is 1. The smallest absolute Gasteiger partial charge is 0.251 e. The van der Waals surface area contributed by atoms with Crippen LogP contribution in [0.4, 0.5) is 0 Å². The summed E-state index contributed by atoms with van der Waals surface area (Å²) in [7, 11) is 0. The number of aromatic hydroxyl groups is 1. The van der Waals surface area contributed by atoms with Crippen LogP contribution in [0, 0.1) is 6.92 Å². The summed E-state index contributed by atoms with van der Waals surface area (Å²) in [5.41, 5.74) is 1.34. The Morgan fingerprint density at radius 3 is 2.42 bits per heavy atom. The van der Waals surface area contributed by atoms with Gasteiger partial charge in [-0.1, -0.05) is 38.2 Å². The highest BCUT2D eigenvalue weighted by atomic mass is 16.3. The molecule has 0 spiro atoms. The number of aryl methyl sites for hydroxylation is 1. The molecule has 1 aromatic carbocycles. The zero-order valence-corrected chi connectivity index (χ0v) is 11.6. The van der Waals surface area contributed by atoms with Crippen LogP contribution in [-0.4, -0.2) is 17.1 Å². The van der Waals surface area contributed by atoms with Gasteiger partial charge in [-0.15, -0.1) is 0 Å². The molecule has 0 aliphatic heterocycles.